The predicted octanol–water partition coefficient (Wildman–Crippen LogP) is 15.2. The van der Waals surface area contributed by atoms with Crippen LogP contribution in [0.25, 0.3) is 66.4 Å². The predicted molar refractivity (Wildman–Crippen MR) is 242 cm³/mol. The van der Waals surface area contributed by atoms with Gasteiger partial charge in [0, 0.05) is 66.9 Å². The molecule has 11 aromatic rings. The maximum Gasteiger partial charge on any atom is 0.227 e. The third-order valence-electron chi connectivity index (χ3n) is 12.2. The topological polar surface area (TPSA) is 45.7 Å². The highest BCUT2D eigenvalue weighted by Crippen LogP contribution is 2.57. The van der Waals surface area contributed by atoms with Gasteiger partial charge >= 0.3 is 0 Å². The standard InChI is InChI=1S/C54H37N3O2/c1-54(2)43-28-16-15-26-40(43)48-44(54)31-39(56(35-20-9-4-10-21-35)36-22-11-5-12-23-36)32-45(48)57(37-24-13-6-14-25-37)38-30-42-50-47(33-38)58-46-29-17-27-41(49(46)50)52-51(42)55-53(59-52)34-18-7-3-8-19-34/h3-33H,1-2H3. The van der Waals surface area contributed by atoms with E-state index in [1.807, 2.05) is 42.5 Å². The summed E-state index contributed by atoms with van der Waals surface area (Å²) in [5.41, 5.74) is 15.2. The van der Waals surface area contributed by atoms with Crippen molar-refractivity contribution >= 4 is 77.9 Å². The Labute approximate surface area is 341 Å². The smallest absolute Gasteiger partial charge is 0.227 e. The third-order valence-corrected chi connectivity index (χ3v) is 12.2. The Balaban J connectivity index is 1.19. The number of benzene rings is 9. The molecule has 0 saturated heterocycles. The Bertz CT molecular complexity index is 3310. The van der Waals surface area contributed by atoms with Gasteiger partial charge in [0.05, 0.1) is 11.4 Å². The van der Waals surface area contributed by atoms with Crippen molar-refractivity contribution in [3.05, 3.63) is 199 Å². The second kappa shape index (κ2) is 12.7. The van der Waals surface area contributed by atoms with Gasteiger partial charge < -0.3 is 18.6 Å². The number of fused-ring (bicyclic) bond motifs is 6. The fourth-order valence-electron chi connectivity index (χ4n) is 9.52. The number of hydrogen-bond acceptors (Lipinski definition) is 5. The lowest BCUT2D eigenvalue weighted by molar-refractivity contribution is 0.623. The Kier molecular flexibility index (Phi) is 7.20. The first kappa shape index (κ1) is 33.5. The summed E-state index contributed by atoms with van der Waals surface area (Å²) >= 11 is 0. The van der Waals surface area contributed by atoms with E-state index in [9.17, 15) is 0 Å². The van der Waals surface area contributed by atoms with Gasteiger partial charge in [-0.25, -0.2) is 4.98 Å². The van der Waals surface area contributed by atoms with Crippen LogP contribution in [0.15, 0.2) is 197 Å². The second-order valence-corrected chi connectivity index (χ2v) is 15.9. The van der Waals surface area contributed by atoms with Gasteiger partial charge in [0.25, 0.3) is 0 Å². The lowest BCUT2D eigenvalue weighted by Gasteiger charge is -2.32. The van der Waals surface area contributed by atoms with Gasteiger partial charge in [0.15, 0.2) is 5.58 Å². The first-order chi connectivity index (χ1) is 29.0. The minimum absolute atomic E-state index is 0.271. The molecule has 1 aliphatic rings. The lowest BCUT2D eigenvalue weighted by Crippen LogP contribution is -2.18. The fourth-order valence-corrected chi connectivity index (χ4v) is 9.52. The Morgan fingerprint density at radius 2 is 1.05 bits per heavy atom. The summed E-state index contributed by atoms with van der Waals surface area (Å²) in [5, 5.41) is 4.09. The molecular formula is C54H37N3O2. The molecule has 2 aromatic heterocycles. The van der Waals surface area contributed by atoms with Crippen molar-refractivity contribution in [1.29, 1.82) is 0 Å². The molecule has 5 nitrogen and oxygen atoms in total. The van der Waals surface area contributed by atoms with Gasteiger partial charge in [-0.15, -0.1) is 0 Å². The van der Waals surface area contributed by atoms with Crippen LogP contribution >= 0.6 is 0 Å². The van der Waals surface area contributed by atoms with E-state index >= 15 is 0 Å². The molecule has 5 heteroatoms. The highest BCUT2D eigenvalue weighted by molar-refractivity contribution is 6.32. The average Bonchev–Trinajstić information content (AvgIpc) is 3.97. The van der Waals surface area contributed by atoms with E-state index in [0.717, 1.165) is 83.5 Å². The lowest BCUT2D eigenvalue weighted by atomic mass is 9.82. The van der Waals surface area contributed by atoms with Crippen molar-refractivity contribution in [1.82, 2.24) is 4.98 Å². The van der Waals surface area contributed by atoms with Crippen LogP contribution in [0.5, 0.6) is 0 Å². The summed E-state index contributed by atoms with van der Waals surface area (Å²) in [4.78, 5) is 10.0. The minimum Gasteiger partial charge on any atom is -0.456 e. The minimum atomic E-state index is -0.271. The maximum absolute atomic E-state index is 6.79. The van der Waals surface area contributed by atoms with E-state index in [1.165, 1.54) is 22.3 Å². The zero-order valence-corrected chi connectivity index (χ0v) is 32.6. The van der Waals surface area contributed by atoms with Crippen molar-refractivity contribution in [2.45, 2.75) is 19.3 Å². The van der Waals surface area contributed by atoms with Gasteiger partial charge in [-0.3, -0.25) is 0 Å². The Hall–Kier alpha value is -7.63. The molecule has 280 valence electrons. The number of aromatic nitrogens is 1. The molecule has 0 spiro atoms. The molecular weight excluding hydrogens is 723 g/mol. The largest absolute Gasteiger partial charge is 0.456 e. The van der Waals surface area contributed by atoms with Gasteiger partial charge in [0.1, 0.15) is 16.7 Å². The molecule has 0 radical (unpaired) electrons. The number of nitrogens with zero attached hydrogens (tertiary/aromatic N) is 3. The molecule has 0 N–H and O–H groups in total. The first-order valence-corrected chi connectivity index (χ1v) is 20.1. The quantitative estimate of drug-likeness (QED) is 0.151. The number of furan rings is 1. The molecule has 0 bridgehead atoms. The number of para-hydroxylation sites is 3. The fraction of sp³-hybridized carbons (Fsp3) is 0.0556. The van der Waals surface area contributed by atoms with Gasteiger partial charge in [-0.2, -0.15) is 0 Å². The molecule has 12 rings (SSSR count). The monoisotopic (exact) mass is 759 g/mol. The molecule has 0 aliphatic heterocycles. The highest BCUT2D eigenvalue weighted by atomic mass is 16.3. The van der Waals surface area contributed by atoms with Crippen molar-refractivity contribution in [3.8, 4) is 22.6 Å². The zero-order chi connectivity index (χ0) is 39.2. The number of hydrogen-bond donors (Lipinski definition) is 0. The van der Waals surface area contributed by atoms with Crippen LogP contribution in [0.1, 0.15) is 25.0 Å². The van der Waals surface area contributed by atoms with Gasteiger partial charge in [-0.1, -0.05) is 123 Å². The molecule has 9 aromatic carbocycles. The summed E-state index contributed by atoms with van der Waals surface area (Å²) in [5.74, 6) is 0.597. The Morgan fingerprint density at radius 1 is 0.458 bits per heavy atom. The van der Waals surface area contributed by atoms with Crippen molar-refractivity contribution in [3.63, 3.8) is 0 Å². The molecule has 0 unspecified atom stereocenters. The van der Waals surface area contributed by atoms with Crippen molar-refractivity contribution < 1.29 is 8.83 Å². The van der Waals surface area contributed by atoms with E-state index in [4.69, 9.17) is 13.8 Å². The molecule has 59 heavy (non-hydrogen) atoms. The third kappa shape index (κ3) is 5.01. The van der Waals surface area contributed by atoms with E-state index in [-0.39, 0.29) is 5.41 Å². The van der Waals surface area contributed by atoms with E-state index in [2.05, 4.69) is 169 Å². The Morgan fingerprint density at radius 3 is 1.75 bits per heavy atom. The van der Waals surface area contributed by atoms with Crippen LogP contribution < -0.4 is 9.80 Å². The van der Waals surface area contributed by atoms with E-state index in [1.54, 1.807) is 0 Å². The average molecular weight is 760 g/mol. The highest BCUT2D eigenvalue weighted by Gasteiger charge is 2.39. The molecule has 0 atom stereocenters. The normalized spacial score (nSPS) is 13.1. The van der Waals surface area contributed by atoms with E-state index in [0.29, 0.717) is 5.89 Å². The van der Waals surface area contributed by atoms with Crippen LogP contribution in [0.2, 0.25) is 0 Å². The van der Waals surface area contributed by atoms with Gasteiger partial charge in [-0.05, 0) is 89.5 Å². The summed E-state index contributed by atoms with van der Waals surface area (Å²) in [6.45, 7) is 4.71. The molecule has 0 saturated carbocycles. The van der Waals surface area contributed by atoms with Crippen LogP contribution in [-0.4, -0.2) is 4.98 Å². The van der Waals surface area contributed by atoms with Crippen molar-refractivity contribution in [2.75, 3.05) is 9.80 Å². The molecule has 0 fully saturated rings. The summed E-state index contributed by atoms with van der Waals surface area (Å²) < 4.78 is 13.5. The van der Waals surface area contributed by atoms with Gasteiger partial charge in [0.2, 0.25) is 5.89 Å². The summed E-state index contributed by atoms with van der Waals surface area (Å²) in [6.07, 6.45) is 0. The van der Waals surface area contributed by atoms with Crippen LogP contribution in [0, 0.1) is 0 Å². The molecule has 2 heterocycles. The zero-order valence-electron chi connectivity index (χ0n) is 32.6. The SMILES string of the molecule is CC1(C)c2ccccc2-c2c(N(c3ccccc3)c3cc4oc5cccc6c7oc(-c8ccccc8)nc7c(c3)c4c56)cc(N(c3ccccc3)c3ccccc3)cc21. The number of anilines is 6. The maximum atomic E-state index is 6.79. The van der Waals surface area contributed by atoms with Crippen LogP contribution in [0.4, 0.5) is 34.1 Å². The second-order valence-electron chi connectivity index (χ2n) is 15.9. The molecule has 1 aliphatic carbocycles. The summed E-state index contributed by atoms with van der Waals surface area (Å²) in [6, 6.07) is 66.5. The van der Waals surface area contributed by atoms with Crippen LogP contribution in [0.3, 0.4) is 0 Å². The van der Waals surface area contributed by atoms with E-state index < -0.39 is 0 Å². The number of rotatable bonds is 7. The van der Waals surface area contributed by atoms with Crippen molar-refractivity contribution in [2.24, 2.45) is 0 Å². The first-order valence-electron chi connectivity index (χ1n) is 20.1. The summed E-state index contributed by atoms with van der Waals surface area (Å²) in [7, 11) is 0. The molecule has 0 amide bonds. The number of oxazole rings is 1. The van der Waals surface area contributed by atoms with Crippen LogP contribution in [-0.2, 0) is 5.41 Å².